The number of amides is 1. The number of carbonyl (C=O) groups is 1. The molecule has 1 spiro atoms. The molecule has 0 radical (unpaired) electrons. The van der Waals surface area contributed by atoms with Gasteiger partial charge >= 0.3 is 0 Å². The summed E-state index contributed by atoms with van der Waals surface area (Å²) in [4.78, 5) is 15.2. The predicted octanol–water partition coefficient (Wildman–Crippen LogP) is 4.95. The number of hydrogen-bond acceptors (Lipinski definition) is 5. The maximum Gasteiger partial charge on any atom is 0.253 e. The third-order valence-electron chi connectivity index (χ3n) is 7.10. The first-order valence-electron chi connectivity index (χ1n) is 12.1. The van der Waals surface area contributed by atoms with Gasteiger partial charge in [-0.05, 0) is 56.3 Å². The Kier molecular flexibility index (Phi) is 6.16. The summed E-state index contributed by atoms with van der Waals surface area (Å²) < 4.78 is 39.2. The van der Waals surface area contributed by atoms with Crippen LogP contribution in [0.15, 0.2) is 54.7 Å². The summed E-state index contributed by atoms with van der Waals surface area (Å²) in [5, 5.41) is 0. The maximum absolute atomic E-state index is 14.0. The van der Waals surface area contributed by atoms with Gasteiger partial charge in [0.05, 0.1) is 24.1 Å². The summed E-state index contributed by atoms with van der Waals surface area (Å²) in [5.74, 6) is 1.16. The van der Waals surface area contributed by atoms with Crippen LogP contribution in [0.5, 0.6) is 17.2 Å². The number of halogens is 1. The molecule has 5 rings (SSSR count). The molecule has 1 amide bonds. The molecule has 0 N–H and O–H groups in total. The molecule has 0 saturated carbocycles. The largest absolute Gasteiger partial charge is 0.493 e. The number of hydrogen-bond donors (Lipinski definition) is 0. The predicted molar refractivity (Wildman–Crippen MR) is 133 cm³/mol. The standard InChI is InChI=1S/C28H31FN2O5/c1-27(2,34-4)18-35-22-10-7-19(16-24(22)33-3)26(32)30-14-11-28(12-15-30)25-6-5-13-31(25)21-9-8-20(29)17-23(21)36-28/h5-10,13,16-17H,11-12,14-15,18H2,1-4H3. The Morgan fingerprint density at radius 2 is 1.86 bits per heavy atom. The number of carbonyl (C=O) groups excluding carboxylic acids is 1. The van der Waals surface area contributed by atoms with Crippen molar-refractivity contribution in [3.8, 4) is 22.9 Å². The minimum absolute atomic E-state index is 0.0791. The lowest BCUT2D eigenvalue weighted by atomic mass is 9.86. The van der Waals surface area contributed by atoms with E-state index in [1.54, 1.807) is 38.5 Å². The summed E-state index contributed by atoms with van der Waals surface area (Å²) in [7, 11) is 3.19. The van der Waals surface area contributed by atoms with E-state index < -0.39 is 11.2 Å². The number of piperidine rings is 1. The summed E-state index contributed by atoms with van der Waals surface area (Å²) >= 11 is 0. The fourth-order valence-corrected chi connectivity index (χ4v) is 4.84. The highest BCUT2D eigenvalue weighted by Gasteiger charge is 2.44. The van der Waals surface area contributed by atoms with E-state index >= 15 is 0 Å². The van der Waals surface area contributed by atoms with Crippen LogP contribution in [0.25, 0.3) is 5.69 Å². The fourth-order valence-electron chi connectivity index (χ4n) is 4.84. The highest BCUT2D eigenvalue weighted by molar-refractivity contribution is 5.95. The Hall–Kier alpha value is -3.52. The highest BCUT2D eigenvalue weighted by Crippen LogP contribution is 2.45. The first-order chi connectivity index (χ1) is 17.2. The molecule has 1 aromatic heterocycles. The molecule has 7 nitrogen and oxygen atoms in total. The number of fused-ring (bicyclic) bond motifs is 4. The molecule has 1 fully saturated rings. The number of rotatable bonds is 6. The molecule has 36 heavy (non-hydrogen) atoms. The molecule has 0 aliphatic carbocycles. The van der Waals surface area contributed by atoms with E-state index in [0.29, 0.717) is 55.4 Å². The normalized spacial score (nSPS) is 16.2. The Morgan fingerprint density at radius 1 is 1.08 bits per heavy atom. The number of aromatic nitrogens is 1. The van der Waals surface area contributed by atoms with Crippen molar-refractivity contribution in [1.82, 2.24) is 9.47 Å². The lowest BCUT2D eigenvalue weighted by Gasteiger charge is -2.45. The summed E-state index contributed by atoms with van der Waals surface area (Å²) in [6, 6.07) is 13.8. The first kappa shape index (κ1) is 24.2. The van der Waals surface area contributed by atoms with Crippen LogP contribution in [0.4, 0.5) is 4.39 Å². The molecular formula is C28H31FN2O5. The van der Waals surface area contributed by atoms with Crippen LogP contribution in [-0.2, 0) is 10.3 Å². The minimum Gasteiger partial charge on any atom is -0.493 e. The van der Waals surface area contributed by atoms with E-state index in [1.807, 2.05) is 37.1 Å². The molecule has 190 valence electrons. The first-order valence-corrected chi connectivity index (χ1v) is 12.1. The highest BCUT2D eigenvalue weighted by atomic mass is 19.1. The van der Waals surface area contributed by atoms with Gasteiger partial charge in [0, 0.05) is 50.9 Å². The Balaban J connectivity index is 1.31. The molecule has 2 aliphatic rings. The topological polar surface area (TPSA) is 62.2 Å². The van der Waals surface area contributed by atoms with E-state index in [-0.39, 0.29) is 11.7 Å². The Morgan fingerprint density at radius 3 is 2.58 bits per heavy atom. The number of likely N-dealkylation sites (tertiary alicyclic amines) is 1. The maximum atomic E-state index is 14.0. The van der Waals surface area contributed by atoms with Gasteiger partial charge in [0.15, 0.2) is 17.1 Å². The second-order valence-corrected chi connectivity index (χ2v) is 9.88. The van der Waals surface area contributed by atoms with E-state index in [9.17, 15) is 9.18 Å². The van der Waals surface area contributed by atoms with E-state index in [0.717, 1.165) is 11.4 Å². The average molecular weight is 495 g/mol. The van der Waals surface area contributed by atoms with Crippen LogP contribution in [0.3, 0.4) is 0 Å². The molecule has 3 aromatic rings. The van der Waals surface area contributed by atoms with Crippen LogP contribution in [0, 0.1) is 5.82 Å². The monoisotopic (exact) mass is 494 g/mol. The summed E-state index contributed by atoms with van der Waals surface area (Å²) in [6.07, 6.45) is 3.17. The number of methoxy groups -OCH3 is 2. The smallest absolute Gasteiger partial charge is 0.253 e. The lowest BCUT2D eigenvalue weighted by Crippen LogP contribution is -2.50. The molecule has 1 saturated heterocycles. The quantitative estimate of drug-likeness (QED) is 0.485. The molecular weight excluding hydrogens is 463 g/mol. The third-order valence-corrected chi connectivity index (χ3v) is 7.10. The summed E-state index contributed by atoms with van der Waals surface area (Å²) in [5.41, 5.74) is 1.32. The summed E-state index contributed by atoms with van der Waals surface area (Å²) in [6.45, 7) is 5.23. The number of ether oxygens (including phenoxy) is 4. The molecule has 2 aromatic carbocycles. The zero-order chi connectivity index (χ0) is 25.5. The van der Waals surface area contributed by atoms with Gasteiger partial charge in [-0.15, -0.1) is 0 Å². The fraction of sp³-hybridized carbons (Fsp3) is 0.393. The second kappa shape index (κ2) is 9.17. The number of nitrogens with zero attached hydrogens (tertiary/aromatic N) is 2. The van der Waals surface area contributed by atoms with Crippen molar-refractivity contribution in [2.45, 2.75) is 37.9 Å². The van der Waals surface area contributed by atoms with Gasteiger partial charge in [0.25, 0.3) is 5.91 Å². The zero-order valence-electron chi connectivity index (χ0n) is 21.0. The van der Waals surface area contributed by atoms with E-state index in [2.05, 4.69) is 4.57 Å². The molecule has 8 heteroatoms. The SMILES string of the molecule is COc1cc(C(=O)N2CCC3(CC2)Oc2cc(F)ccc2-n2cccc23)ccc1OCC(C)(C)OC. The van der Waals surface area contributed by atoms with Crippen molar-refractivity contribution in [1.29, 1.82) is 0 Å². The van der Waals surface area contributed by atoms with Gasteiger partial charge in [0.1, 0.15) is 18.2 Å². The van der Waals surface area contributed by atoms with Crippen molar-refractivity contribution in [2.75, 3.05) is 33.9 Å². The van der Waals surface area contributed by atoms with Gasteiger partial charge in [-0.2, -0.15) is 0 Å². The van der Waals surface area contributed by atoms with Crippen LogP contribution in [0.1, 0.15) is 42.7 Å². The minimum atomic E-state index is -0.607. The van der Waals surface area contributed by atoms with Gasteiger partial charge < -0.3 is 28.4 Å². The van der Waals surface area contributed by atoms with Crippen molar-refractivity contribution in [2.24, 2.45) is 0 Å². The molecule has 3 heterocycles. The van der Waals surface area contributed by atoms with Crippen LogP contribution >= 0.6 is 0 Å². The molecule has 0 bridgehead atoms. The van der Waals surface area contributed by atoms with Gasteiger partial charge in [-0.1, -0.05) is 0 Å². The van der Waals surface area contributed by atoms with Crippen LogP contribution < -0.4 is 14.2 Å². The Bertz CT molecular complexity index is 1280. The average Bonchev–Trinajstić information content (AvgIpc) is 3.39. The zero-order valence-corrected chi connectivity index (χ0v) is 21.0. The van der Waals surface area contributed by atoms with E-state index in [4.69, 9.17) is 18.9 Å². The van der Waals surface area contributed by atoms with Crippen molar-refractivity contribution >= 4 is 5.91 Å². The van der Waals surface area contributed by atoms with Crippen LogP contribution in [0.2, 0.25) is 0 Å². The van der Waals surface area contributed by atoms with Crippen molar-refractivity contribution in [3.05, 3.63) is 71.8 Å². The van der Waals surface area contributed by atoms with Gasteiger partial charge in [-0.25, -0.2) is 4.39 Å². The molecule has 0 unspecified atom stereocenters. The third kappa shape index (κ3) is 4.30. The van der Waals surface area contributed by atoms with Crippen molar-refractivity contribution < 1.29 is 28.1 Å². The Labute approximate surface area is 210 Å². The molecule has 0 atom stereocenters. The lowest BCUT2D eigenvalue weighted by molar-refractivity contribution is -0.0152. The van der Waals surface area contributed by atoms with Crippen molar-refractivity contribution in [3.63, 3.8) is 0 Å². The molecule has 2 aliphatic heterocycles. The van der Waals surface area contributed by atoms with Gasteiger partial charge in [0.2, 0.25) is 0 Å². The number of benzene rings is 2. The second-order valence-electron chi connectivity index (χ2n) is 9.88. The van der Waals surface area contributed by atoms with Crippen LogP contribution in [-0.4, -0.2) is 54.9 Å². The van der Waals surface area contributed by atoms with E-state index in [1.165, 1.54) is 12.1 Å². The van der Waals surface area contributed by atoms with Gasteiger partial charge in [-0.3, -0.25) is 4.79 Å².